The molecule has 0 saturated carbocycles. The molecule has 0 saturated heterocycles. The third-order valence-corrected chi connectivity index (χ3v) is 6.15. The second-order valence-electron chi connectivity index (χ2n) is 5.74. The Morgan fingerprint density at radius 1 is 0.964 bits per heavy atom. The van der Waals surface area contributed by atoms with Crippen LogP contribution in [0.4, 0.5) is 10.1 Å². The van der Waals surface area contributed by atoms with Gasteiger partial charge in [-0.15, -0.1) is 0 Å². The molecule has 0 radical (unpaired) electrons. The number of rotatable bonds is 5. The summed E-state index contributed by atoms with van der Waals surface area (Å²) in [6.07, 6.45) is 0. The summed E-state index contributed by atoms with van der Waals surface area (Å²) in [7, 11) is -4.41. The van der Waals surface area contributed by atoms with E-state index in [0.717, 1.165) is 23.8 Å². The van der Waals surface area contributed by atoms with Gasteiger partial charge in [0, 0.05) is 0 Å². The van der Waals surface area contributed by atoms with Gasteiger partial charge < -0.3 is 5.11 Å². The molecule has 0 spiro atoms. The number of carboxylic acids is 1. The zero-order chi connectivity index (χ0) is 20.5. The lowest BCUT2D eigenvalue weighted by atomic mass is 10.1. The van der Waals surface area contributed by atoms with Crippen molar-refractivity contribution in [3.63, 3.8) is 0 Å². The van der Waals surface area contributed by atoms with Crippen molar-refractivity contribution in [3.8, 4) is 11.1 Å². The minimum Gasteiger partial charge on any atom is -0.478 e. The Morgan fingerprint density at radius 2 is 1.64 bits per heavy atom. The number of carbonyl (C=O) groups is 1. The van der Waals surface area contributed by atoms with Gasteiger partial charge in [0.1, 0.15) is 10.7 Å². The van der Waals surface area contributed by atoms with E-state index in [1.54, 1.807) is 24.3 Å². The maximum atomic E-state index is 14.2. The second kappa shape index (κ2) is 7.79. The molecular weight excluding hydrogens is 428 g/mol. The predicted octanol–water partition coefficient (Wildman–Crippen LogP) is 5.30. The van der Waals surface area contributed by atoms with Crippen LogP contribution in [0.2, 0.25) is 10.0 Å². The second-order valence-corrected chi connectivity index (χ2v) is 8.18. The molecule has 0 atom stereocenters. The Morgan fingerprint density at radius 3 is 2.29 bits per heavy atom. The summed E-state index contributed by atoms with van der Waals surface area (Å²) < 4.78 is 41.8. The van der Waals surface area contributed by atoms with Gasteiger partial charge in [-0.25, -0.2) is 17.6 Å². The van der Waals surface area contributed by atoms with Crippen molar-refractivity contribution in [2.75, 3.05) is 4.72 Å². The Kier molecular flexibility index (Phi) is 5.60. The highest BCUT2D eigenvalue weighted by atomic mass is 35.5. The topological polar surface area (TPSA) is 83.5 Å². The van der Waals surface area contributed by atoms with E-state index in [1.165, 1.54) is 12.1 Å². The summed E-state index contributed by atoms with van der Waals surface area (Å²) >= 11 is 11.8. The van der Waals surface area contributed by atoms with Gasteiger partial charge in [0.15, 0.2) is 0 Å². The number of halogens is 3. The molecule has 144 valence electrons. The van der Waals surface area contributed by atoms with E-state index in [4.69, 9.17) is 28.3 Å². The van der Waals surface area contributed by atoms with Crippen LogP contribution in [-0.4, -0.2) is 19.5 Å². The van der Waals surface area contributed by atoms with E-state index in [1.807, 2.05) is 6.07 Å². The normalized spacial score (nSPS) is 11.2. The lowest BCUT2D eigenvalue weighted by Gasteiger charge is -2.13. The molecule has 9 heteroatoms. The molecule has 0 heterocycles. The summed E-state index contributed by atoms with van der Waals surface area (Å²) in [5, 5.41) is 8.50. The number of hydrogen-bond acceptors (Lipinski definition) is 3. The molecule has 0 amide bonds. The molecule has 0 aromatic heterocycles. The van der Waals surface area contributed by atoms with Crippen LogP contribution in [-0.2, 0) is 10.0 Å². The fourth-order valence-corrected chi connectivity index (χ4v) is 4.37. The summed E-state index contributed by atoms with van der Waals surface area (Å²) in [6.45, 7) is 0. The standard InChI is InChI=1S/C19H12Cl2FNO4S/c20-14-8-13(19(24)25)10-17(18(14)21)28(26,27)23-16-9-12(6-7-15(16)22)11-4-2-1-3-5-11/h1-10,23H,(H,24,25). The van der Waals surface area contributed by atoms with Gasteiger partial charge in [-0.2, -0.15) is 0 Å². The van der Waals surface area contributed by atoms with E-state index < -0.39 is 26.7 Å². The maximum Gasteiger partial charge on any atom is 0.335 e. The molecular formula is C19H12Cl2FNO4S. The first-order valence-electron chi connectivity index (χ1n) is 7.79. The number of sulfonamides is 1. The first-order valence-corrected chi connectivity index (χ1v) is 10.0. The van der Waals surface area contributed by atoms with Crippen molar-refractivity contribution in [1.82, 2.24) is 0 Å². The number of anilines is 1. The van der Waals surface area contributed by atoms with Gasteiger partial charge in [0.25, 0.3) is 10.0 Å². The number of hydrogen-bond donors (Lipinski definition) is 2. The van der Waals surface area contributed by atoms with Gasteiger partial charge in [0.2, 0.25) is 0 Å². The SMILES string of the molecule is O=C(O)c1cc(Cl)c(Cl)c(S(=O)(=O)Nc2cc(-c3ccccc3)ccc2F)c1. The molecule has 0 aliphatic heterocycles. The van der Waals surface area contributed by atoms with Crippen LogP contribution in [0.15, 0.2) is 65.6 Å². The molecule has 3 aromatic carbocycles. The predicted molar refractivity (Wildman–Crippen MR) is 106 cm³/mol. The monoisotopic (exact) mass is 439 g/mol. The van der Waals surface area contributed by atoms with Crippen molar-refractivity contribution in [2.45, 2.75) is 4.90 Å². The van der Waals surface area contributed by atoms with Crippen molar-refractivity contribution >= 4 is 44.9 Å². The Balaban J connectivity index is 2.05. The average Bonchev–Trinajstić information content (AvgIpc) is 2.65. The third-order valence-electron chi connectivity index (χ3n) is 3.85. The highest BCUT2D eigenvalue weighted by molar-refractivity contribution is 7.92. The third kappa shape index (κ3) is 4.11. The highest BCUT2D eigenvalue weighted by Gasteiger charge is 2.24. The molecule has 5 nitrogen and oxygen atoms in total. The molecule has 0 bridgehead atoms. The summed E-state index contributed by atoms with van der Waals surface area (Å²) in [6, 6.07) is 14.8. The zero-order valence-electron chi connectivity index (χ0n) is 14.0. The molecule has 3 aromatic rings. The van der Waals surface area contributed by atoms with Gasteiger partial charge in [0.05, 0.1) is 21.3 Å². The van der Waals surface area contributed by atoms with Crippen molar-refractivity contribution in [3.05, 3.63) is 82.1 Å². The molecule has 28 heavy (non-hydrogen) atoms. The minimum absolute atomic E-state index is 0.250. The molecule has 3 rings (SSSR count). The van der Waals surface area contributed by atoms with Crippen LogP contribution < -0.4 is 4.72 Å². The molecule has 0 fully saturated rings. The smallest absolute Gasteiger partial charge is 0.335 e. The van der Waals surface area contributed by atoms with Crippen LogP contribution in [0.3, 0.4) is 0 Å². The zero-order valence-corrected chi connectivity index (χ0v) is 16.3. The lowest BCUT2D eigenvalue weighted by molar-refractivity contribution is 0.0696. The first kappa shape index (κ1) is 20.1. The van der Waals surface area contributed by atoms with E-state index in [-0.39, 0.29) is 21.3 Å². The van der Waals surface area contributed by atoms with Gasteiger partial charge in [-0.3, -0.25) is 4.72 Å². The van der Waals surface area contributed by atoms with Crippen molar-refractivity contribution < 1.29 is 22.7 Å². The van der Waals surface area contributed by atoms with Crippen LogP contribution in [0, 0.1) is 5.82 Å². The quantitative estimate of drug-likeness (QED) is 0.564. The fourth-order valence-electron chi connectivity index (χ4n) is 2.50. The van der Waals surface area contributed by atoms with Crippen molar-refractivity contribution in [2.24, 2.45) is 0 Å². The van der Waals surface area contributed by atoms with Crippen LogP contribution in [0.25, 0.3) is 11.1 Å². The Labute approximate surface area is 170 Å². The first-order chi connectivity index (χ1) is 13.2. The molecule has 0 aliphatic rings. The molecule has 2 N–H and O–H groups in total. The maximum absolute atomic E-state index is 14.2. The van der Waals surface area contributed by atoms with Gasteiger partial charge in [-0.1, -0.05) is 59.6 Å². The van der Waals surface area contributed by atoms with E-state index in [0.29, 0.717) is 5.56 Å². The molecule has 0 aliphatic carbocycles. The minimum atomic E-state index is -4.41. The van der Waals surface area contributed by atoms with E-state index in [9.17, 15) is 17.6 Å². The van der Waals surface area contributed by atoms with Crippen LogP contribution >= 0.6 is 23.2 Å². The number of nitrogens with one attached hydrogen (secondary N) is 1. The number of benzene rings is 3. The van der Waals surface area contributed by atoms with Crippen LogP contribution in [0.5, 0.6) is 0 Å². The summed E-state index contributed by atoms with van der Waals surface area (Å²) in [4.78, 5) is 10.6. The summed E-state index contributed by atoms with van der Waals surface area (Å²) in [5.74, 6) is -2.19. The van der Waals surface area contributed by atoms with Crippen molar-refractivity contribution in [1.29, 1.82) is 0 Å². The van der Waals surface area contributed by atoms with Gasteiger partial charge in [-0.05, 0) is 35.4 Å². The lowest BCUT2D eigenvalue weighted by Crippen LogP contribution is -2.15. The largest absolute Gasteiger partial charge is 0.478 e. The van der Waals surface area contributed by atoms with E-state index in [2.05, 4.69) is 4.72 Å². The number of carboxylic acid groups (broad SMARTS) is 1. The Hall–Kier alpha value is -2.61. The van der Waals surface area contributed by atoms with Gasteiger partial charge >= 0.3 is 5.97 Å². The summed E-state index contributed by atoms with van der Waals surface area (Å²) in [5.41, 5.74) is 0.669. The highest BCUT2D eigenvalue weighted by Crippen LogP contribution is 2.33. The number of aromatic carboxylic acids is 1. The molecule has 0 unspecified atom stereocenters. The van der Waals surface area contributed by atoms with E-state index >= 15 is 0 Å². The average molecular weight is 440 g/mol. The van der Waals surface area contributed by atoms with Crippen LogP contribution in [0.1, 0.15) is 10.4 Å². The Bertz CT molecular complexity index is 1170. The fraction of sp³-hybridized carbons (Fsp3) is 0.